The highest BCUT2D eigenvalue weighted by Gasteiger charge is 2.24. The number of nitrogens with zero attached hydrogens (tertiary/aromatic N) is 4. The number of carbonyl (C=O) groups is 1. The van der Waals surface area contributed by atoms with Crippen LogP contribution >= 0.6 is 0 Å². The van der Waals surface area contributed by atoms with Gasteiger partial charge in [-0.3, -0.25) is 14.0 Å². The zero-order valence-electron chi connectivity index (χ0n) is 17.4. The lowest BCUT2D eigenvalue weighted by atomic mass is 10.1. The molecule has 156 valence electrons. The number of likely N-dealkylation sites (N-methyl/N-ethyl adjacent to an activating group) is 1. The topological polar surface area (TPSA) is 94.9 Å². The first-order valence-corrected chi connectivity index (χ1v) is 10.1. The third-order valence-electron chi connectivity index (χ3n) is 5.39. The Balaban J connectivity index is 2.16. The molecule has 1 amide bonds. The van der Waals surface area contributed by atoms with Gasteiger partial charge in [-0.15, -0.1) is 6.58 Å². The molecule has 2 N–H and O–H groups in total. The second-order valence-corrected chi connectivity index (χ2v) is 7.30. The monoisotopic (exact) mass is 407 g/mol. The average molecular weight is 407 g/mol. The van der Waals surface area contributed by atoms with Crippen LogP contribution in [0.1, 0.15) is 18.1 Å². The lowest BCUT2D eigenvalue weighted by molar-refractivity contribution is -0.898. The van der Waals surface area contributed by atoms with Crippen molar-refractivity contribution in [3.8, 4) is 6.07 Å². The van der Waals surface area contributed by atoms with E-state index < -0.39 is 5.91 Å². The molecule has 0 radical (unpaired) electrons. The second-order valence-electron chi connectivity index (χ2n) is 7.30. The summed E-state index contributed by atoms with van der Waals surface area (Å²) >= 11 is 0. The lowest BCUT2D eigenvalue weighted by Gasteiger charge is -2.33. The summed E-state index contributed by atoms with van der Waals surface area (Å²) in [6, 6.07) is 5.60. The zero-order chi connectivity index (χ0) is 21.7. The van der Waals surface area contributed by atoms with Crippen molar-refractivity contribution in [2.45, 2.75) is 13.8 Å². The largest absolute Gasteiger partial charge is 0.348 e. The van der Waals surface area contributed by atoms with Gasteiger partial charge in [-0.2, -0.15) is 5.26 Å². The number of carbonyl (C=O) groups excluding carboxylic acids is 1. The van der Waals surface area contributed by atoms with Gasteiger partial charge >= 0.3 is 0 Å². The van der Waals surface area contributed by atoms with E-state index in [1.54, 1.807) is 12.3 Å². The van der Waals surface area contributed by atoms with Crippen LogP contribution in [0.15, 0.2) is 41.4 Å². The number of hydrogen-bond donors (Lipinski definition) is 2. The molecular formula is C22H27N6O2+. The molecular weight excluding hydrogens is 380 g/mol. The summed E-state index contributed by atoms with van der Waals surface area (Å²) in [6.07, 6.45) is 4.54. The number of fused-ring (bicyclic) bond motifs is 1. The number of hydrogen-bond acceptors (Lipinski definition) is 5. The molecule has 1 aliphatic heterocycles. The minimum atomic E-state index is -0.544. The summed E-state index contributed by atoms with van der Waals surface area (Å²) in [5.41, 5.74) is 1.28. The molecule has 3 heterocycles. The van der Waals surface area contributed by atoms with Gasteiger partial charge < -0.3 is 15.1 Å². The van der Waals surface area contributed by atoms with Crippen molar-refractivity contribution >= 4 is 23.4 Å². The molecule has 8 heteroatoms. The number of nitriles is 1. The second kappa shape index (κ2) is 9.37. The molecule has 0 atom stereocenters. The molecule has 1 fully saturated rings. The summed E-state index contributed by atoms with van der Waals surface area (Å²) in [7, 11) is 0. The number of aryl methyl sites for hydroxylation is 1. The van der Waals surface area contributed by atoms with Crippen LogP contribution in [0.5, 0.6) is 0 Å². The van der Waals surface area contributed by atoms with Gasteiger partial charge in [0.05, 0.1) is 38.3 Å². The normalized spacial score (nSPS) is 15.1. The fourth-order valence-corrected chi connectivity index (χ4v) is 3.61. The SMILES string of the molecule is C=CCNC(=O)/C(C#N)=C/c1c(N2CC[NH+](CC)CC2)nc2c(C)cccn2c1=O. The molecule has 1 saturated heterocycles. The van der Waals surface area contributed by atoms with Crippen LogP contribution in [-0.2, 0) is 4.79 Å². The van der Waals surface area contributed by atoms with Gasteiger partial charge in [0.15, 0.2) is 0 Å². The molecule has 0 bridgehead atoms. The molecule has 0 saturated carbocycles. The molecule has 30 heavy (non-hydrogen) atoms. The summed E-state index contributed by atoms with van der Waals surface area (Å²) in [6.45, 7) is 12.3. The van der Waals surface area contributed by atoms with E-state index in [4.69, 9.17) is 4.98 Å². The number of quaternary nitrogens is 1. The van der Waals surface area contributed by atoms with Crippen molar-refractivity contribution < 1.29 is 9.69 Å². The summed E-state index contributed by atoms with van der Waals surface area (Å²) in [4.78, 5) is 34.1. The number of anilines is 1. The van der Waals surface area contributed by atoms with E-state index in [9.17, 15) is 14.9 Å². The lowest BCUT2D eigenvalue weighted by Crippen LogP contribution is -3.14. The molecule has 8 nitrogen and oxygen atoms in total. The summed E-state index contributed by atoms with van der Waals surface area (Å²) in [5.74, 6) is -0.0222. The van der Waals surface area contributed by atoms with Crippen LogP contribution in [0.2, 0.25) is 0 Å². The minimum absolute atomic E-state index is 0.137. The van der Waals surface area contributed by atoms with E-state index in [0.717, 1.165) is 38.3 Å². The Bertz CT molecular complexity index is 1090. The van der Waals surface area contributed by atoms with Crippen molar-refractivity contribution in [1.82, 2.24) is 14.7 Å². The molecule has 2 aromatic heterocycles. The van der Waals surface area contributed by atoms with Crippen molar-refractivity contribution in [1.29, 1.82) is 5.26 Å². The average Bonchev–Trinajstić information content (AvgIpc) is 2.77. The van der Waals surface area contributed by atoms with Gasteiger partial charge in [-0.1, -0.05) is 12.1 Å². The van der Waals surface area contributed by atoms with Gasteiger partial charge in [-0.05, 0) is 31.6 Å². The highest BCUT2D eigenvalue weighted by atomic mass is 16.1. The molecule has 0 spiro atoms. The highest BCUT2D eigenvalue weighted by Crippen LogP contribution is 2.20. The standard InChI is InChI=1S/C22H26N6O2/c1-4-8-24-21(29)17(15-23)14-18-20(27-12-10-26(5-2)11-13-27)25-19-16(3)7-6-9-28(19)22(18)30/h4,6-7,9,14H,1,5,8,10-13H2,2-3H3,(H,24,29)/p+1/b17-14+. The van der Waals surface area contributed by atoms with E-state index in [1.165, 1.54) is 21.5 Å². The van der Waals surface area contributed by atoms with E-state index in [-0.39, 0.29) is 23.2 Å². The van der Waals surface area contributed by atoms with E-state index in [0.29, 0.717) is 11.5 Å². The number of nitrogens with one attached hydrogen (secondary N) is 2. The Morgan fingerprint density at radius 2 is 2.17 bits per heavy atom. The van der Waals surface area contributed by atoms with E-state index >= 15 is 0 Å². The van der Waals surface area contributed by atoms with E-state index in [2.05, 4.69) is 23.7 Å². The first kappa shape index (κ1) is 21.3. The van der Waals surface area contributed by atoms with Gasteiger partial charge in [0.2, 0.25) is 0 Å². The fourth-order valence-electron chi connectivity index (χ4n) is 3.61. The Morgan fingerprint density at radius 1 is 1.43 bits per heavy atom. The third kappa shape index (κ3) is 4.26. The number of rotatable bonds is 6. The van der Waals surface area contributed by atoms with Crippen molar-refractivity contribution in [3.63, 3.8) is 0 Å². The molecule has 3 rings (SSSR count). The van der Waals surface area contributed by atoms with Crippen molar-refractivity contribution in [2.24, 2.45) is 0 Å². The first-order valence-electron chi connectivity index (χ1n) is 10.1. The molecule has 2 aromatic rings. The molecule has 1 aliphatic rings. The first-order chi connectivity index (χ1) is 14.5. The highest BCUT2D eigenvalue weighted by molar-refractivity contribution is 6.02. The molecule has 0 aromatic carbocycles. The van der Waals surface area contributed by atoms with Crippen LogP contribution < -0.4 is 20.7 Å². The summed E-state index contributed by atoms with van der Waals surface area (Å²) < 4.78 is 1.47. The van der Waals surface area contributed by atoms with Crippen LogP contribution in [0, 0.1) is 18.3 Å². The Morgan fingerprint density at radius 3 is 2.80 bits per heavy atom. The number of piperazine rings is 1. The van der Waals surface area contributed by atoms with Gasteiger partial charge in [0, 0.05) is 12.7 Å². The van der Waals surface area contributed by atoms with Crippen LogP contribution in [0.25, 0.3) is 11.7 Å². The van der Waals surface area contributed by atoms with Gasteiger partial charge in [0.25, 0.3) is 11.5 Å². The van der Waals surface area contributed by atoms with E-state index in [1.807, 2.05) is 19.1 Å². The van der Waals surface area contributed by atoms with Crippen LogP contribution in [-0.4, -0.2) is 54.6 Å². The molecule has 0 aliphatic carbocycles. The Labute approximate surface area is 175 Å². The van der Waals surface area contributed by atoms with Crippen molar-refractivity contribution in [3.05, 3.63) is 58.0 Å². The molecule has 0 unspecified atom stereocenters. The van der Waals surface area contributed by atoms with Gasteiger partial charge in [-0.25, -0.2) is 4.98 Å². The predicted octanol–water partition coefficient (Wildman–Crippen LogP) is -0.0631. The van der Waals surface area contributed by atoms with Crippen molar-refractivity contribution in [2.75, 3.05) is 44.2 Å². The zero-order valence-corrected chi connectivity index (χ0v) is 17.4. The van der Waals surface area contributed by atoms with Crippen LogP contribution in [0.4, 0.5) is 5.82 Å². The quantitative estimate of drug-likeness (QED) is 0.397. The van der Waals surface area contributed by atoms with Gasteiger partial charge in [0.1, 0.15) is 23.1 Å². The Kier molecular flexibility index (Phi) is 6.65. The predicted molar refractivity (Wildman–Crippen MR) is 116 cm³/mol. The maximum atomic E-state index is 13.3. The summed E-state index contributed by atoms with van der Waals surface area (Å²) in [5, 5.41) is 12.1. The number of amides is 1. The number of aromatic nitrogens is 2. The fraction of sp³-hybridized carbons (Fsp3) is 0.364. The van der Waals surface area contributed by atoms with Crippen LogP contribution in [0.3, 0.4) is 0 Å². The maximum absolute atomic E-state index is 13.3. The smallest absolute Gasteiger partial charge is 0.267 e. The minimum Gasteiger partial charge on any atom is -0.348 e. The number of pyridine rings is 1. The third-order valence-corrected chi connectivity index (χ3v) is 5.39. The Hall–Kier alpha value is -3.44. The maximum Gasteiger partial charge on any atom is 0.267 e.